The summed E-state index contributed by atoms with van der Waals surface area (Å²) in [6.07, 6.45) is 0. The van der Waals surface area contributed by atoms with Crippen LogP contribution in [0.2, 0.25) is 0 Å². The van der Waals surface area contributed by atoms with Crippen LogP contribution in [-0.2, 0) is 19.7 Å². The number of primary amides is 1. The molecule has 0 radical (unpaired) electrons. The number of benzene rings is 3. The number of nitrogens with one attached hydrogen (secondary N) is 1. The highest BCUT2D eigenvalue weighted by atomic mass is 16.5. The third kappa shape index (κ3) is 6.25. The van der Waals surface area contributed by atoms with Crippen molar-refractivity contribution in [1.29, 1.82) is 0 Å². The predicted octanol–water partition coefficient (Wildman–Crippen LogP) is 3.71. The zero-order valence-corrected chi connectivity index (χ0v) is 18.2. The van der Waals surface area contributed by atoms with Crippen LogP contribution in [0.1, 0.15) is 27.0 Å². The van der Waals surface area contributed by atoms with Gasteiger partial charge >= 0.3 is 6.03 Å². The quantitative estimate of drug-likeness (QED) is 0.538. The predicted molar refractivity (Wildman–Crippen MR) is 122 cm³/mol. The maximum atomic E-state index is 12.8. The van der Waals surface area contributed by atoms with Crippen LogP contribution in [0, 0.1) is 0 Å². The molecule has 166 valence electrons. The Morgan fingerprint density at radius 3 is 2.25 bits per heavy atom. The molecule has 0 unspecified atom stereocenters. The second-order valence-electron chi connectivity index (χ2n) is 7.34. The molecule has 32 heavy (non-hydrogen) atoms. The highest BCUT2D eigenvalue weighted by Crippen LogP contribution is 2.29. The van der Waals surface area contributed by atoms with Crippen LogP contribution in [0.5, 0.6) is 11.5 Å². The van der Waals surface area contributed by atoms with Crippen molar-refractivity contribution in [3.63, 3.8) is 0 Å². The number of amides is 3. The van der Waals surface area contributed by atoms with Crippen molar-refractivity contribution in [3.8, 4) is 11.5 Å². The van der Waals surface area contributed by atoms with Gasteiger partial charge in [-0.05, 0) is 41.0 Å². The van der Waals surface area contributed by atoms with E-state index in [4.69, 9.17) is 15.2 Å². The Morgan fingerprint density at radius 2 is 1.59 bits per heavy atom. The number of nitrogens with two attached hydrogens (primary N) is 1. The molecule has 3 rings (SSSR count). The molecule has 0 aliphatic heterocycles. The first-order valence-corrected chi connectivity index (χ1v) is 10.2. The maximum Gasteiger partial charge on any atom is 0.312 e. The summed E-state index contributed by atoms with van der Waals surface area (Å²) in [4.78, 5) is 25.2. The molecule has 3 aromatic carbocycles. The first kappa shape index (κ1) is 22.7. The molecule has 0 bridgehead atoms. The second-order valence-corrected chi connectivity index (χ2v) is 7.34. The van der Waals surface area contributed by atoms with Crippen molar-refractivity contribution >= 4 is 11.9 Å². The Morgan fingerprint density at radius 1 is 0.906 bits per heavy atom. The number of hydrogen-bond donors (Lipinski definition) is 2. The molecular weight excluding hydrogens is 406 g/mol. The summed E-state index contributed by atoms with van der Waals surface area (Å²) in [6.45, 7) is 1.18. The summed E-state index contributed by atoms with van der Waals surface area (Å²) in [5.41, 5.74) is 8.49. The largest absolute Gasteiger partial charge is 0.493 e. The lowest BCUT2D eigenvalue weighted by Gasteiger charge is -2.19. The lowest BCUT2D eigenvalue weighted by atomic mass is 10.1. The van der Waals surface area contributed by atoms with Gasteiger partial charge in [0.05, 0.1) is 7.11 Å². The fourth-order valence-corrected chi connectivity index (χ4v) is 3.19. The molecule has 3 aromatic rings. The summed E-state index contributed by atoms with van der Waals surface area (Å²) in [5, 5.41) is 2.52. The average molecular weight is 434 g/mol. The first-order chi connectivity index (χ1) is 15.5. The van der Waals surface area contributed by atoms with Crippen molar-refractivity contribution in [3.05, 3.63) is 95.1 Å². The molecule has 0 fully saturated rings. The molecule has 3 N–H and O–H groups in total. The minimum Gasteiger partial charge on any atom is -0.493 e. The molecule has 0 saturated carbocycles. The number of rotatable bonds is 9. The molecule has 0 aliphatic carbocycles. The number of hydrogen-bond acceptors (Lipinski definition) is 4. The molecule has 7 nitrogen and oxygen atoms in total. The summed E-state index contributed by atoms with van der Waals surface area (Å²) in [6, 6.07) is 22.0. The molecular formula is C25H27N3O4. The van der Waals surface area contributed by atoms with Gasteiger partial charge in [0.25, 0.3) is 5.91 Å². The van der Waals surface area contributed by atoms with Gasteiger partial charge in [-0.3, -0.25) is 4.79 Å². The number of ether oxygens (including phenoxy) is 2. The van der Waals surface area contributed by atoms with Gasteiger partial charge in [0.1, 0.15) is 6.61 Å². The topological polar surface area (TPSA) is 93.9 Å². The smallest absolute Gasteiger partial charge is 0.312 e. The van der Waals surface area contributed by atoms with Crippen LogP contribution < -0.4 is 20.5 Å². The van der Waals surface area contributed by atoms with Crippen LogP contribution >= 0.6 is 0 Å². The van der Waals surface area contributed by atoms with E-state index in [0.29, 0.717) is 36.8 Å². The highest BCUT2D eigenvalue weighted by molar-refractivity contribution is 5.94. The summed E-state index contributed by atoms with van der Waals surface area (Å²) in [5.74, 6) is 1.16. The molecule has 0 atom stereocenters. The van der Waals surface area contributed by atoms with E-state index in [1.807, 2.05) is 48.5 Å². The minimum absolute atomic E-state index is 0.109. The summed E-state index contributed by atoms with van der Waals surface area (Å²) in [7, 11) is 3.34. The number of methoxy groups -OCH3 is 1. The molecule has 7 heteroatoms. The van der Waals surface area contributed by atoms with E-state index in [2.05, 4.69) is 5.32 Å². The van der Waals surface area contributed by atoms with Gasteiger partial charge < -0.3 is 25.4 Å². The monoisotopic (exact) mass is 433 g/mol. The third-order valence-electron chi connectivity index (χ3n) is 4.90. The Labute approximate surface area is 187 Å². The van der Waals surface area contributed by atoms with Crippen LogP contribution in [0.3, 0.4) is 0 Å². The van der Waals surface area contributed by atoms with Crippen molar-refractivity contribution in [1.82, 2.24) is 10.2 Å². The second kappa shape index (κ2) is 10.9. The van der Waals surface area contributed by atoms with Gasteiger partial charge in [-0.1, -0.05) is 48.5 Å². The van der Waals surface area contributed by atoms with Crippen LogP contribution in [0.25, 0.3) is 0 Å². The molecule has 0 spiro atoms. The Kier molecular flexibility index (Phi) is 7.70. The first-order valence-electron chi connectivity index (χ1n) is 10.2. The Hall–Kier alpha value is -4.00. The van der Waals surface area contributed by atoms with E-state index in [-0.39, 0.29) is 5.91 Å². The summed E-state index contributed by atoms with van der Waals surface area (Å²) >= 11 is 0. The van der Waals surface area contributed by atoms with Crippen molar-refractivity contribution in [2.75, 3.05) is 14.2 Å². The lowest BCUT2D eigenvalue weighted by Crippen LogP contribution is -2.28. The standard InChI is InChI=1S/C25H27N3O4/c1-28(24(29)21-11-8-18(9-12-21)15-27-25(26)30)16-20-10-13-22(23(14-20)31-2)32-17-19-6-4-3-5-7-19/h3-14H,15-17H2,1-2H3,(H3,26,27,30). The minimum atomic E-state index is -0.586. The maximum absolute atomic E-state index is 12.8. The van der Waals surface area contributed by atoms with E-state index in [1.54, 1.807) is 43.3 Å². The number of nitrogens with zero attached hydrogens (tertiary/aromatic N) is 1. The van der Waals surface area contributed by atoms with Gasteiger partial charge in [-0.25, -0.2) is 4.79 Å². The Balaban J connectivity index is 1.61. The van der Waals surface area contributed by atoms with E-state index in [9.17, 15) is 9.59 Å². The lowest BCUT2D eigenvalue weighted by molar-refractivity contribution is 0.0785. The number of urea groups is 1. The fraction of sp³-hybridized carbons (Fsp3) is 0.200. The normalized spacial score (nSPS) is 10.3. The van der Waals surface area contributed by atoms with Crippen LogP contribution in [0.15, 0.2) is 72.8 Å². The SMILES string of the molecule is COc1cc(CN(C)C(=O)c2ccc(CNC(N)=O)cc2)ccc1OCc1ccccc1. The van der Waals surface area contributed by atoms with E-state index in [0.717, 1.165) is 16.7 Å². The molecule has 0 aliphatic rings. The zero-order chi connectivity index (χ0) is 22.9. The van der Waals surface area contributed by atoms with E-state index >= 15 is 0 Å². The van der Waals surface area contributed by atoms with Crippen molar-refractivity contribution < 1.29 is 19.1 Å². The molecule has 0 saturated heterocycles. The molecule has 0 heterocycles. The van der Waals surface area contributed by atoms with Crippen LogP contribution in [0.4, 0.5) is 4.79 Å². The number of carbonyl (C=O) groups excluding carboxylic acids is 2. The van der Waals surface area contributed by atoms with E-state index < -0.39 is 6.03 Å². The Bertz CT molecular complexity index is 1050. The van der Waals surface area contributed by atoms with Gasteiger partial charge in [-0.2, -0.15) is 0 Å². The third-order valence-corrected chi connectivity index (χ3v) is 4.90. The van der Waals surface area contributed by atoms with Gasteiger partial charge in [0.2, 0.25) is 0 Å². The average Bonchev–Trinajstić information content (AvgIpc) is 2.82. The van der Waals surface area contributed by atoms with Crippen molar-refractivity contribution in [2.45, 2.75) is 19.7 Å². The van der Waals surface area contributed by atoms with Crippen molar-refractivity contribution in [2.24, 2.45) is 5.73 Å². The van der Waals surface area contributed by atoms with Gasteiger partial charge in [0.15, 0.2) is 11.5 Å². The zero-order valence-electron chi connectivity index (χ0n) is 18.2. The summed E-state index contributed by atoms with van der Waals surface area (Å²) < 4.78 is 11.4. The van der Waals surface area contributed by atoms with E-state index in [1.165, 1.54) is 0 Å². The fourth-order valence-electron chi connectivity index (χ4n) is 3.19. The highest BCUT2D eigenvalue weighted by Gasteiger charge is 2.14. The molecule has 3 amide bonds. The van der Waals surface area contributed by atoms with Crippen LogP contribution in [-0.4, -0.2) is 31.0 Å². The number of carbonyl (C=O) groups is 2. The van der Waals surface area contributed by atoms with Gasteiger partial charge in [0, 0.05) is 25.7 Å². The molecule has 0 aromatic heterocycles. The van der Waals surface area contributed by atoms with Gasteiger partial charge in [-0.15, -0.1) is 0 Å².